The molecule has 0 aliphatic carbocycles. The van der Waals surface area contributed by atoms with E-state index >= 15 is 0 Å². The summed E-state index contributed by atoms with van der Waals surface area (Å²) in [6.45, 7) is 12.1. The lowest BCUT2D eigenvalue weighted by atomic mass is 9.73. The molecule has 1 aromatic heterocycles. The predicted octanol–water partition coefficient (Wildman–Crippen LogP) is 6.11. The lowest BCUT2D eigenvalue weighted by Gasteiger charge is -2.51. The van der Waals surface area contributed by atoms with E-state index in [1.54, 1.807) is 14.2 Å². The van der Waals surface area contributed by atoms with Crippen LogP contribution in [-0.4, -0.2) is 94.7 Å². The van der Waals surface area contributed by atoms with E-state index in [4.69, 9.17) is 19.4 Å². The molecule has 12 atom stereocenters. The van der Waals surface area contributed by atoms with Crippen LogP contribution in [0, 0.1) is 23.7 Å². The summed E-state index contributed by atoms with van der Waals surface area (Å²) in [6.07, 6.45) is 13.0. The van der Waals surface area contributed by atoms with Crippen molar-refractivity contribution < 1.29 is 19.7 Å². The highest BCUT2D eigenvalue weighted by molar-refractivity contribution is 5.84. The van der Waals surface area contributed by atoms with Crippen LogP contribution < -0.4 is 20.1 Å². The largest absolute Gasteiger partial charge is 0.497 e. The van der Waals surface area contributed by atoms with E-state index in [0.717, 1.165) is 103 Å². The first kappa shape index (κ1) is 35.2. The Morgan fingerprint density at radius 1 is 0.759 bits per heavy atom. The van der Waals surface area contributed by atoms with Gasteiger partial charge in [-0.3, -0.25) is 9.80 Å². The number of hydrogen-bond acceptors (Lipinski definition) is 10. The van der Waals surface area contributed by atoms with E-state index in [1.165, 1.54) is 0 Å². The Morgan fingerprint density at radius 2 is 1.28 bits per heavy atom. The van der Waals surface area contributed by atoms with Crippen LogP contribution in [0.25, 0.3) is 11.1 Å². The molecule has 54 heavy (non-hydrogen) atoms. The Bertz CT molecular complexity index is 1860. The molecule has 6 saturated heterocycles. The van der Waals surface area contributed by atoms with Gasteiger partial charge in [0.2, 0.25) is 0 Å². The summed E-state index contributed by atoms with van der Waals surface area (Å²) in [7, 11) is 3.34. The van der Waals surface area contributed by atoms with E-state index in [1.807, 2.05) is 48.7 Å². The fourth-order valence-electron chi connectivity index (χ4n) is 10.3. The van der Waals surface area contributed by atoms with Crippen molar-refractivity contribution in [3.63, 3.8) is 0 Å². The summed E-state index contributed by atoms with van der Waals surface area (Å²) in [5, 5.41) is 31.8. The first-order valence-corrected chi connectivity index (χ1v) is 19.6. The molecule has 0 spiro atoms. The summed E-state index contributed by atoms with van der Waals surface area (Å²) in [5.74, 6) is 4.12. The van der Waals surface area contributed by atoms with Gasteiger partial charge in [-0.2, -0.15) is 0 Å². The molecule has 10 nitrogen and oxygen atoms in total. The van der Waals surface area contributed by atoms with E-state index in [0.29, 0.717) is 29.5 Å². The molecule has 6 fully saturated rings. The normalized spacial score (nSPS) is 33.1. The maximum atomic E-state index is 12.2. The number of ether oxygens (including phenoxy) is 2. The highest BCUT2D eigenvalue weighted by Crippen LogP contribution is 2.46. The molecule has 0 radical (unpaired) electrons. The first-order valence-electron chi connectivity index (χ1n) is 19.6. The molecule has 11 rings (SSSR count). The Hall–Kier alpha value is -4.48. The van der Waals surface area contributed by atoms with E-state index in [9.17, 15) is 10.2 Å². The molecular weight excluding hydrogens is 677 g/mol. The van der Waals surface area contributed by atoms with Gasteiger partial charge >= 0.3 is 0 Å². The summed E-state index contributed by atoms with van der Waals surface area (Å²) in [6, 6.07) is 13.3. The standard InChI is InChI=1S/C44H52N6O4/c1-5-25-23-49-15-12-27(25)17-40(49)42(51)33-21-38(46-35-9-7-29(53-3)19-31(33)35)37-11-14-45-44(48-37)39-22-34(32-20-30(54-4)8-10-36(32)47-39)43(52)41-18-28-13-16-50(41)24-26(28)6-2/h5-11,14,19-22,25-28,38-43,46-47,51-52H,1-2,12-13,15-18,23-24H2,3-4H3/t25?,26?,27-,28-,38?,39?,40?,41?,42-,43-/m0/s1. The van der Waals surface area contributed by atoms with Gasteiger partial charge in [-0.15, -0.1) is 13.2 Å². The number of methoxy groups -OCH3 is 2. The Kier molecular flexibility index (Phi) is 9.33. The molecule has 282 valence electrons. The molecular formula is C44H52N6O4. The average molecular weight is 729 g/mol. The SMILES string of the molecule is C=CC1CN2CC[C@H]1CC2[C@@H](O)C1=CC(c2ccnc(C3C=C([C@H](O)C4C[C@@H]5CCN4CC5C=C)c4cc(OC)ccc4N3)n2)Nc2ccc(OC)cc21. The zero-order chi connectivity index (χ0) is 37.1. The van der Waals surface area contributed by atoms with Crippen LogP contribution in [-0.2, 0) is 0 Å². The maximum absolute atomic E-state index is 12.2. The zero-order valence-electron chi connectivity index (χ0n) is 31.3. The van der Waals surface area contributed by atoms with Gasteiger partial charge in [-0.05, 0) is 128 Å². The minimum Gasteiger partial charge on any atom is -0.497 e. The second-order valence-electron chi connectivity index (χ2n) is 16.0. The molecule has 4 bridgehead atoms. The van der Waals surface area contributed by atoms with Crippen molar-refractivity contribution in [2.75, 3.05) is 51.0 Å². The molecule has 8 unspecified atom stereocenters. The van der Waals surface area contributed by atoms with Crippen LogP contribution >= 0.6 is 0 Å². The van der Waals surface area contributed by atoms with Crippen molar-refractivity contribution in [3.8, 4) is 11.5 Å². The number of hydrogen-bond donors (Lipinski definition) is 4. The van der Waals surface area contributed by atoms with Crippen LogP contribution in [0.2, 0.25) is 0 Å². The highest BCUT2D eigenvalue weighted by Gasteiger charge is 2.45. The van der Waals surface area contributed by atoms with E-state index in [2.05, 4.69) is 57.9 Å². The monoisotopic (exact) mass is 728 g/mol. The van der Waals surface area contributed by atoms with Gasteiger partial charge in [0, 0.05) is 53.9 Å². The number of benzene rings is 2. The van der Waals surface area contributed by atoms with Gasteiger partial charge in [-0.1, -0.05) is 12.2 Å². The minimum atomic E-state index is -0.690. The smallest absolute Gasteiger partial charge is 0.154 e. The van der Waals surface area contributed by atoms with Gasteiger partial charge < -0.3 is 30.3 Å². The van der Waals surface area contributed by atoms with Crippen LogP contribution in [0.15, 0.2) is 86.1 Å². The number of nitrogens with one attached hydrogen (secondary N) is 2. The first-order chi connectivity index (χ1) is 26.3. The number of aliphatic hydroxyl groups excluding tert-OH is 2. The summed E-state index contributed by atoms with van der Waals surface area (Å²) < 4.78 is 11.3. The van der Waals surface area contributed by atoms with Gasteiger partial charge in [0.1, 0.15) is 17.5 Å². The molecule has 8 aliphatic heterocycles. The second-order valence-corrected chi connectivity index (χ2v) is 16.0. The minimum absolute atomic E-state index is 0.0229. The predicted molar refractivity (Wildman–Crippen MR) is 212 cm³/mol. The lowest BCUT2D eigenvalue weighted by molar-refractivity contribution is -0.0254. The molecule has 2 aromatic carbocycles. The third-order valence-electron chi connectivity index (χ3n) is 13.4. The molecule has 8 aliphatic rings. The number of nitrogens with zero attached hydrogens (tertiary/aromatic N) is 4. The average Bonchev–Trinajstić information content (AvgIpc) is 3.24. The third-order valence-corrected chi connectivity index (χ3v) is 13.4. The lowest BCUT2D eigenvalue weighted by Crippen LogP contribution is -2.57. The Balaban J connectivity index is 1.05. The van der Waals surface area contributed by atoms with Crippen molar-refractivity contribution >= 4 is 22.5 Å². The van der Waals surface area contributed by atoms with Gasteiger partial charge in [0.15, 0.2) is 5.82 Å². The summed E-state index contributed by atoms with van der Waals surface area (Å²) >= 11 is 0. The summed E-state index contributed by atoms with van der Waals surface area (Å²) in [4.78, 5) is 14.9. The van der Waals surface area contributed by atoms with Crippen molar-refractivity contribution in [2.45, 2.75) is 62.1 Å². The molecule has 4 N–H and O–H groups in total. The van der Waals surface area contributed by atoms with E-state index in [-0.39, 0.29) is 24.2 Å². The summed E-state index contributed by atoms with van der Waals surface area (Å²) in [5.41, 5.74) is 6.28. The van der Waals surface area contributed by atoms with Gasteiger partial charge in [0.05, 0.1) is 38.2 Å². The molecule has 9 heterocycles. The Morgan fingerprint density at radius 3 is 1.76 bits per heavy atom. The molecule has 0 amide bonds. The van der Waals surface area contributed by atoms with Crippen LogP contribution in [0.4, 0.5) is 11.4 Å². The van der Waals surface area contributed by atoms with Crippen molar-refractivity contribution in [1.29, 1.82) is 0 Å². The highest BCUT2D eigenvalue weighted by atomic mass is 16.5. The molecule has 0 saturated carbocycles. The van der Waals surface area contributed by atoms with Crippen molar-refractivity contribution in [1.82, 2.24) is 19.8 Å². The number of aromatic nitrogens is 2. The number of aliphatic hydroxyl groups is 2. The van der Waals surface area contributed by atoms with Gasteiger partial charge in [-0.25, -0.2) is 9.97 Å². The number of fused-ring (bicyclic) bond motifs is 8. The number of anilines is 2. The maximum Gasteiger partial charge on any atom is 0.154 e. The number of rotatable bonds is 10. The molecule has 10 heteroatoms. The zero-order valence-corrected chi connectivity index (χ0v) is 31.3. The van der Waals surface area contributed by atoms with Crippen molar-refractivity contribution in [2.24, 2.45) is 23.7 Å². The van der Waals surface area contributed by atoms with Crippen molar-refractivity contribution in [3.05, 3.63) is 109 Å². The van der Waals surface area contributed by atoms with Crippen LogP contribution in [0.5, 0.6) is 11.5 Å². The fourth-order valence-corrected chi connectivity index (χ4v) is 10.3. The van der Waals surface area contributed by atoms with Crippen LogP contribution in [0.1, 0.15) is 60.4 Å². The quantitative estimate of drug-likeness (QED) is 0.183. The van der Waals surface area contributed by atoms with E-state index < -0.39 is 12.2 Å². The second kappa shape index (κ2) is 14.3. The Labute approximate surface area is 318 Å². The third kappa shape index (κ3) is 6.13. The van der Waals surface area contributed by atoms with Gasteiger partial charge in [0.25, 0.3) is 0 Å². The topological polar surface area (TPSA) is 115 Å². The number of piperidine rings is 6. The fraction of sp³-hybridized carbons (Fsp3) is 0.455. The molecule has 3 aromatic rings. The van der Waals surface area contributed by atoms with Crippen LogP contribution in [0.3, 0.4) is 0 Å².